The molecule has 0 atom stereocenters. The molecular formula is C12H17N3O3S. The number of carbonyl (C=O) groups excluding carboxylic acids is 1. The van der Waals surface area contributed by atoms with Gasteiger partial charge in [0.2, 0.25) is 15.9 Å². The number of sulfonamides is 1. The van der Waals surface area contributed by atoms with Crippen LogP contribution in [0.25, 0.3) is 0 Å². The highest BCUT2D eigenvalue weighted by atomic mass is 32.2. The lowest BCUT2D eigenvalue weighted by atomic mass is 9.94. The molecule has 1 aliphatic rings. The molecule has 104 valence electrons. The first kappa shape index (κ1) is 13.8. The lowest BCUT2D eigenvalue weighted by Crippen LogP contribution is -2.41. The van der Waals surface area contributed by atoms with Crippen LogP contribution < -0.4 is 11.5 Å². The third kappa shape index (κ3) is 2.43. The van der Waals surface area contributed by atoms with Gasteiger partial charge < -0.3 is 11.5 Å². The van der Waals surface area contributed by atoms with Crippen LogP contribution in [-0.4, -0.2) is 31.7 Å². The molecule has 0 bridgehead atoms. The van der Waals surface area contributed by atoms with Gasteiger partial charge in [0, 0.05) is 18.7 Å². The van der Waals surface area contributed by atoms with Crippen LogP contribution in [0.1, 0.15) is 29.6 Å². The van der Waals surface area contributed by atoms with Crippen molar-refractivity contribution in [2.24, 2.45) is 5.73 Å². The summed E-state index contributed by atoms with van der Waals surface area (Å²) in [5.41, 5.74) is 11.1. The maximum absolute atomic E-state index is 12.4. The van der Waals surface area contributed by atoms with Crippen LogP contribution in [0.5, 0.6) is 0 Å². The van der Waals surface area contributed by atoms with Gasteiger partial charge in [-0.05, 0) is 31.0 Å². The van der Waals surface area contributed by atoms with Gasteiger partial charge in [-0.3, -0.25) is 4.79 Å². The fraction of sp³-hybridized carbons (Fsp3) is 0.417. The molecule has 0 saturated heterocycles. The number of hydrogen-bond donors (Lipinski definition) is 2. The van der Waals surface area contributed by atoms with Gasteiger partial charge in [0.05, 0.1) is 5.69 Å². The summed E-state index contributed by atoms with van der Waals surface area (Å²) in [6.45, 7) is 0. The lowest BCUT2D eigenvalue weighted by Gasteiger charge is -2.34. The van der Waals surface area contributed by atoms with E-state index in [2.05, 4.69) is 0 Å². The van der Waals surface area contributed by atoms with Crippen LogP contribution in [0.4, 0.5) is 5.69 Å². The number of nitrogens with two attached hydrogens (primary N) is 2. The quantitative estimate of drug-likeness (QED) is 0.786. The van der Waals surface area contributed by atoms with E-state index < -0.39 is 15.9 Å². The van der Waals surface area contributed by atoms with E-state index in [1.54, 1.807) is 7.05 Å². The number of primary amides is 1. The summed E-state index contributed by atoms with van der Waals surface area (Å²) in [4.78, 5) is 11.0. The monoisotopic (exact) mass is 283 g/mol. The predicted octanol–water partition coefficient (Wildman–Crippen LogP) is 0.541. The molecule has 2 rings (SSSR count). The average Bonchev–Trinajstić information content (AvgIpc) is 2.25. The average molecular weight is 283 g/mol. The molecule has 1 saturated carbocycles. The van der Waals surface area contributed by atoms with E-state index in [4.69, 9.17) is 11.5 Å². The van der Waals surface area contributed by atoms with Crippen LogP contribution in [0, 0.1) is 0 Å². The molecule has 7 heteroatoms. The third-order valence-corrected chi connectivity index (χ3v) is 5.52. The molecule has 1 aromatic carbocycles. The van der Waals surface area contributed by atoms with Crippen LogP contribution >= 0.6 is 0 Å². The summed E-state index contributed by atoms with van der Waals surface area (Å²) in [7, 11) is -2.06. The van der Waals surface area contributed by atoms with Crippen molar-refractivity contribution in [3.8, 4) is 0 Å². The first-order valence-electron chi connectivity index (χ1n) is 6.01. The lowest BCUT2D eigenvalue weighted by molar-refractivity contribution is 0.1000. The highest BCUT2D eigenvalue weighted by Gasteiger charge is 2.32. The fourth-order valence-corrected chi connectivity index (χ4v) is 3.55. The first-order valence-corrected chi connectivity index (χ1v) is 7.45. The Labute approximate surface area is 112 Å². The number of amides is 1. The van der Waals surface area contributed by atoms with E-state index in [0.717, 1.165) is 19.3 Å². The minimum Gasteiger partial charge on any atom is -0.398 e. The third-order valence-electron chi connectivity index (χ3n) is 3.54. The number of rotatable bonds is 4. The highest BCUT2D eigenvalue weighted by Crippen LogP contribution is 2.30. The Balaban J connectivity index is 2.37. The van der Waals surface area contributed by atoms with Crippen molar-refractivity contribution in [3.63, 3.8) is 0 Å². The number of nitrogens with zero attached hydrogens (tertiary/aromatic N) is 1. The molecular weight excluding hydrogens is 266 g/mol. The molecule has 0 aliphatic heterocycles. The van der Waals surface area contributed by atoms with Crippen molar-refractivity contribution in [1.82, 2.24) is 4.31 Å². The van der Waals surface area contributed by atoms with Gasteiger partial charge in [0.25, 0.3) is 0 Å². The molecule has 0 spiro atoms. The van der Waals surface area contributed by atoms with Gasteiger partial charge in [-0.15, -0.1) is 0 Å². The molecule has 0 radical (unpaired) electrons. The normalized spacial score (nSPS) is 16.3. The Morgan fingerprint density at radius 3 is 2.42 bits per heavy atom. The Hall–Kier alpha value is -1.60. The zero-order valence-electron chi connectivity index (χ0n) is 10.7. The summed E-state index contributed by atoms with van der Waals surface area (Å²) in [5, 5.41) is 0. The van der Waals surface area contributed by atoms with Gasteiger partial charge in [-0.25, -0.2) is 8.42 Å². The molecule has 19 heavy (non-hydrogen) atoms. The summed E-state index contributed by atoms with van der Waals surface area (Å²) in [6.07, 6.45) is 2.78. The second kappa shape index (κ2) is 4.82. The number of anilines is 1. The van der Waals surface area contributed by atoms with E-state index in [0.29, 0.717) is 0 Å². The number of hydrogen-bond acceptors (Lipinski definition) is 4. The Morgan fingerprint density at radius 2 is 2.00 bits per heavy atom. The molecule has 0 heterocycles. The van der Waals surface area contributed by atoms with E-state index in [9.17, 15) is 13.2 Å². The Kier molecular flexibility index (Phi) is 3.51. The van der Waals surface area contributed by atoms with Crippen LogP contribution in [0.2, 0.25) is 0 Å². The van der Waals surface area contributed by atoms with Gasteiger partial charge in [-0.2, -0.15) is 4.31 Å². The maximum atomic E-state index is 12.4. The van der Waals surface area contributed by atoms with Crippen molar-refractivity contribution in [3.05, 3.63) is 23.8 Å². The van der Waals surface area contributed by atoms with Gasteiger partial charge in [-0.1, -0.05) is 6.42 Å². The standard InChI is InChI=1S/C12H17N3O3S/c1-15(9-3-2-4-9)19(17,18)11-6-5-8(12(14)16)7-10(11)13/h5-7,9H,2-4,13H2,1H3,(H2,14,16). The number of carbonyl (C=O) groups is 1. The van der Waals surface area contributed by atoms with E-state index in [1.807, 2.05) is 0 Å². The van der Waals surface area contributed by atoms with Crippen molar-refractivity contribution in [2.75, 3.05) is 12.8 Å². The zero-order chi connectivity index (χ0) is 14.2. The molecule has 6 nitrogen and oxygen atoms in total. The van der Waals surface area contributed by atoms with Crippen LogP contribution in [-0.2, 0) is 10.0 Å². The van der Waals surface area contributed by atoms with Crippen LogP contribution in [0.15, 0.2) is 23.1 Å². The minimum atomic E-state index is -3.62. The van der Waals surface area contributed by atoms with Gasteiger partial charge >= 0.3 is 0 Å². The van der Waals surface area contributed by atoms with Crippen molar-refractivity contribution < 1.29 is 13.2 Å². The summed E-state index contributed by atoms with van der Waals surface area (Å²) < 4.78 is 26.1. The molecule has 1 aliphatic carbocycles. The van der Waals surface area contributed by atoms with E-state index in [-0.39, 0.29) is 22.2 Å². The van der Waals surface area contributed by atoms with Crippen molar-refractivity contribution in [2.45, 2.75) is 30.2 Å². The zero-order valence-corrected chi connectivity index (χ0v) is 11.5. The topological polar surface area (TPSA) is 106 Å². The predicted molar refractivity (Wildman–Crippen MR) is 72.0 cm³/mol. The Morgan fingerprint density at radius 1 is 1.37 bits per heavy atom. The second-order valence-corrected chi connectivity index (χ2v) is 6.69. The van der Waals surface area contributed by atoms with E-state index >= 15 is 0 Å². The summed E-state index contributed by atoms with van der Waals surface area (Å²) in [6, 6.07) is 4.05. The molecule has 0 aromatic heterocycles. The maximum Gasteiger partial charge on any atom is 0.248 e. The molecule has 0 unspecified atom stereocenters. The SMILES string of the molecule is CN(C1CCC1)S(=O)(=O)c1ccc(C(N)=O)cc1N. The molecule has 1 amide bonds. The van der Waals surface area contributed by atoms with Gasteiger partial charge in [0.15, 0.2) is 0 Å². The molecule has 4 N–H and O–H groups in total. The Bertz CT molecular complexity index is 609. The second-order valence-electron chi connectivity index (χ2n) is 4.72. The van der Waals surface area contributed by atoms with Crippen LogP contribution in [0.3, 0.4) is 0 Å². The summed E-state index contributed by atoms with van der Waals surface area (Å²) in [5.74, 6) is -0.636. The highest BCUT2D eigenvalue weighted by molar-refractivity contribution is 7.89. The molecule has 1 fully saturated rings. The minimum absolute atomic E-state index is 0.0203. The smallest absolute Gasteiger partial charge is 0.248 e. The largest absolute Gasteiger partial charge is 0.398 e. The van der Waals surface area contributed by atoms with Crippen molar-refractivity contribution in [1.29, 1.82) is 0 Å². The van der Waals surface area contributed by atoms with Gasteiger partial charge in [0.1, 0.15) is 4.90 Å². The fourth-order valence-electron chi connectivity index (χ4n) is 2.04. The summed E-state index contributed by atoms with van der Waals surface area (Å²) >= 11 is 0. The molecule has 1 aromatic rings. The first-order chi connectivity index (χ1) is 8.84. The van der Waals surface area contributed by atoms with Crippen molar-refractivity contribution >= 4 is 21.6 Å². The number of nitrogen functional groups attached to an aromatic ring is 1. The number of benzene rings is 1. The van der Waals surface area contributed by atoms with E-state index in [1.165, 1.54) is 22.5 Å².